The molecule has 1 aliphatic rings. The SMILES string of the molecule is CC.FC(F)(F)c1ccc2c(c1)CCO2.O=C(O)c1ccccc1. The van der Waals surface area contributed by atoms with E-state index in [1.807, 2.05) is 13.8 Å². The predicted molar refractivity (Wildman–Crippen MR) is 85.4 cm³/mol. The van der Waals surface area contributed by atoms with Gasteiger partial charge in [-0.3, -0.25) is 0 Å². The maximum Gasteiger partial charge on any atom is 0.416 e. The first-order valence-electron chi connectivity index (χ1n) is 7.49. The molecule has 24 heavy (non-hydrogen) atoms. The summed E-state index contributed by atoms with van der Waals surface area (Å²) in [5.41, 5.74) is 0.379. The topological polar surface area (TPSA) is 46.5 Å². The van der Waals surface area contributed by atoms with E-state index in [9.17, 15) is 18.0 Å². The summed E-state index contributed by atoms with van der Waals surface area (Å²) in [7, 11) is 0. The van der Waals surface area contributed by atoms with Crippen molar-refractivity contribution in [3.63, 3.8) is 0 Å². The van der Waals surface area contributed by atoms with Gasteiger partial charge in [-0.1, -0.05) is 32.0 Å². The van der Waals surface area contributed by atoms with Crippen LogP contribution in [0.5, 0.6) is 5.75 Å². The molecule has 0 bridgehead atoms. The lowest BCUT2D eigenvalue weighted by molar-refractivity contribution is -0.137. The molecule has 0 saturated carbocycles. The minimum Gasteiger partial charge on any atom is -0.493 e. The van der Waals surface area contributed by atoms with Crippen LogP contribution in [0.2, 0.25) is 0 Å². The lowest BCUT2D eigenvalue weighted by atomic mass is 10.1. The Morgan fingerprint density at radius 3 is 2.21 bits per heavy atom. The van der Waals surface area contributed by atoms with Crippen LogP contribution in [-0.4, -0.2) is 17.7 Å². The summed E-state index contributed by atoms with van der Waals surface area (Å²) in [6.07, 6.45) is -3.68. The molecule has 0 unspecified atom stereocenters. The van der Waals surface area contributed by atoms with E-state index in [4.69, 9.17) is 9.84 Å². The molecule has 0 aliphatic carbocycles. The summed E-state index contributed by atoms with van der Waals surface area (Å²) in [4.78, 5) is 10.2. The van der Waals surface area contributed by atoms with Crippen LogP contribution in [0.3, 0.4) is 0 Å². The van der Waals surface area contributed by atoms with Gasteiger partial charge in [-0.2, -0.15) is 13.2 Å². The zero-order chi connectivity index (χ0) is 18.2. The Morgan fingerprint density at radius 2 is 1.71 bits per heavy atom. The second kappa shape index (κ2) is 8.96. The van der Waals surface area contributed by atoms with Gasteiger partial charge in [0, 0.05) is 6.42 Å². The number of carboxylic acid groups (broad SMARTS) is 1. The molecule has 130 valence electrons. The van der Waals surface area contributed by atoms with E-state index in [2.05, 4.69) is 0 Å². The van der Waals surface area contributed by atoms with Gasteiger partial charge in [0.15, 0.2) is 0 Å². The molecule has 0 amide bonds. The normalized spacial score (nSPS) is 11.9. The number of carbonyl (C=O) groups is 1. The number of halogens is 3. The van der Waals surface area contributed by atoms with Crippen LogP contribution in [0.25, 0.3) is 0 Å². The highest BCUT2D eigenvalue weighted by Gasteiger charge is 2.31. The summed E-state index contributed by atoms with van der Waals surface area (Å²) >= 11 is 0. The summed E-state index contributed by atoms with van der Waals surface area (Å²) in [5, 5.41) is 8.38. The van der Waals surface area contributed by atoms with E-state index in [1.54, 1.807) is 30.3 Å². The number of benzene rings is 2. The number of aromatic carboxylic acids is 1. The lowest BCUT2D eigenvalue weighted by Crippen LogP contribution is -2.04. The van der Waals surface area contributed by atoms with E-state index >= 15 is 0 Å². The molecule has 1 aliphatic heterocycles. The van der Waals surface area contributed by atoms with Crippen molar-refractivity contribution < 1.29 is 27.8 Å². The highest BCUT2D eigenvalue weighted by atomic mass is 19.4. The van der Waals surface area contributed by atoms with Crippen LogP contribution >= 0.6 is 0 Å². The van der Waals surface area contributed by atoms with Crippen molar-refractivity contribution in [2.75, 3.05) is 6.61 Å². The first kappa shape index (κ1) is 19.5. The second-order valence-electron chi connectivity index (χ2n) is 4.59. The summed E-state index contributed by atoms with van der Waals surface area (Å²) in [6, 6.07) is 11.9. The number of fused-ring (bicyclic) bond motifs is 1. The number of carboxylic acids is 1. The molecule has 2 aromatic rings. The van der Waals surface area contributed by atoms with Crippen molar-refractivity contribution >= 4 is 5.97 Å². The smallest absolute Gasteiger partial charge is 0.416 e. The average molecular weight is 340 g/mol. The minimum absolute atomic E-state index is 0.331. The molecule has 3 nitrogen and oxygen atoms in total. The Kier molecular flexibility index (Phi) is 7.30. The van der Waals surface area contributed by atoms with Gasteiger partial charge in [0.2, 0.25) is 0 Å². The quantitative estimate of drug-likeness (QED) is 0.790. The Bertz CT molecular complexity index is 652. The molecule has 0 fully saturated rings. The monoisotopic (exact) mass is 340 g/mol. The van der Waals surface area contributed by atoms with Crippen molar-refractivity contribution in [2.24, 2.45) is 0 Å². The zero-order valence-corrected chi connectivity index (χ0v) is 13.4. The van der Waals surface area contributed by atoms with E-state index < -0.39 is 17.7 Å². The molecule has 0 spiro atoms. The highest BCUT2D eigenvalue weighted by Crippen LogP contribution is 2.34. The largest absolute Gasteiger partial charge is 0.493 e. The van der Waals surface area contributed by atoms with Gasteiger partial charge in [-0.25, -0.2) is 4.79 Å². The molecule has 0 radical (unpaired) electrons. The van der Waals surface area contributed by atoms with Gasteiger partial charge in [0.25, 0.3) is 0 Å². The van der Waals surface area contributed by atoms with Crippen molar-refractivity contribution in [2.45, 2.75) is 26.4 Å². The Balaban J connectivity index is 0.000000230. The van der Waals surface area contributed by atoms with E-state index in [0.717, 1.165) is 12.1 Å². The third kappa shape index (κ3) is 5.61. The first-order valence-corrected chi connectivity index (χ1v) is 7.49. The Hall–Kier alpha value is -2.50. The van der Waals surface area contributed by atoms with Gasteiger partial charge in [-0.15, -0.1) is 0 Å². The van der Waals surface area contributed by atoms with Gasteiger partial charge in [0.1, 0.15) is 5.75 Å². The number of hydrogen-bond acceptors (Lipinski definition) is 2. The average Bonchev–Trinajstić information content (AvgIpc) is 3.05. The molecule has 2 aromatic carbocycles. The molecule has 0 atom stereocenters. The van der Waals surface area contributed by atoms with Crippen LogP contribution < -0.4 is 4.74 Å². The minimum atomic E-state index is -4.25. The van der Waals surface area contributed by atoms with Crippen LogP contribution in [-0.2, 0) is 12.6 Å². The third-order valence-electron chi connectivity index (χ3n) is 3.04. The summed E-state index contributed by atoms with van der Waals surface area (Å²) in [5.74, 6) is -0.302. The van der Waals surface area contributed by atoms with Gasteiger partial charge >= 0.3 is 12.1 Å². The second-order valence-corrected chi connectivity index (χ2v) is 4.59. The van der Waals surface area contributed by atoms with Gasteiger partial charge in [0.05, 0.1) is 17.7 Å². The van der Waals surface area contributed by atoms with E-state index in [0.29, 0.717) is 29.9 Å². The summed E-state index contributed by atoms with van der Waals surface area (Å²) in [6.45, 7) is 4.48. The lowest BCUT2D eigenvalue weighted by Gasteiger charge is -2.07. The van der Waals surface area contributed by atoms with E-state index in [1.165, 1.54) is 6.07 Å². The molecule has 0 aromatic heterocycles. The van der Waals surface area contributed by atoms with Crippen molar-refractivity contribution in [3.8, 4) is 5.75 Å². The van der Waals surface area contributed by atoms with Crippen molar-refractivity contribution in [3.05, 3.63) is 65.2 Å². The van der Waals surface area contributed by atoms with Crippen LogP contribution in [0.4, 0.5) is 13.2 Å². The van der Waals surface area contributed by atoms with E-state index in [-0.39, 0.29) is 0 Å². The predicted octanol–water partition coefficient (Wildman–Crippen LogP) is 5.05. The van der Waals surface area contributed by atoms with Gasteiger partial charge < -0.3 is 9.84 Å². The standard InChI is InChI=1S/C9H7F3O.C7H6O2.C2H6/c10-9(11,12)7-1-2-8-6(5-7)3-4-13-8;8-7(9)6-4-2-1-3-5-6;1-2/h1-2,5H,3-4H2;1-5H,(H,8,9);1-2H3. The number of hydrogen-bond donors (Lipinski definition) is 1. The molecular formula is C18H19F3O3. The molecule has 1 heterocycles. The number of rotatable bonds is 1. The first-order chi connectivity index (χ1) is 11.4. The fourth-order valence-corrected chi connectivity index (χ4v) is 1.94. The van der Waals surface area contributed by atoms with Crippen LogP contribution in [0.1, 0.15) is 35.3 Å². The van der Waals surface area contributed by atoms with Crippen LogP contribution in [0.15, 0.2) is 48.5 Å². The van der Waals surface area contributed by atoms with Crippen LogP contribution in [0, 0.1) is 0 Å². The molecular weight excluding hydrogens is 321 g/mol. The van der Waals surface area contributed by atoms with Crippen molar-refractivity contribution in [1.82, 2.24) is 0 Å². The fraction of sp³-hybridized carbons (Fsp3) is 0.278. The molecule has 6 heteroatoms. The molecule has 0 saturated heterocycles. The molecule has 3 rings (SSSR count). The number of ether oxygens (including phenoxy) is 1. The maximum absolute atomic E-state index is 12.2. The molecule has 1 N–H and O–H groups in total. The van der Waals surface area contributed by atoms with Crippen molar-refractivity contribution in [1.29, 1.82) is 0 Å². The fourth-order valence-electron chi connectivity index (χ4n) is 1.94. The maximum atomic E-state index is 12.2. The Labute approximate surface area is 138 Å². The zero-order valence-electron chi connectivity index (χ0n) is 13.4. The third-order valence-corrected chi connectivity index (χ3v) is 3.04. The Morgan fingerprint density at radius 1 is 1.08 bits per heavy atom. The highest BCUT2D eigenvalue weighted by molar-refractivity contribution is 5.87. The summed E-state index contributed by atoms with van der Waals surface area (Å²) < 4.78 is 41.7. The van der Waals surface area contributed by atoms with Gasteiger partial charge in [-0.05, 0) is 35.9 Å². The number of alkyl halides is 3.